The maximum Gasteiger partial charge on any atom is 0.163 e. The average Bonchev–Trinajstić information content (AvgIpc) is 3.38. The van der Waals surface area contributed by atoms with E-state index in [-0.39, 0.29) is 0 Å². The molecule has 1 aliphatic heterocycles. The van der Waals surface area contributed by atoms with E-state index in [0.29, 0.717) is 18.8 Å². The number of hydrogen-bond donors (Lipinski definition) is 1. The minimum atomic E-state index is 0.329. The highest BCUT2D eigenvalue weighted by Gasteiger charge is 2.23. The first-order valence-corrected chi connectivity index (χ1v) is 10.2. The molecule has 2 fully saturated rings. The van der Waals surface area contributed by atoms with Crippen LogP contribution in [-0.4, -0.2) is 48.2 Å². The van der Waals surface area contributed by atoms with Gasteiger partial charge in [-0.25, -0.2) is 0 Å². The summed E-state index contributed by atoms with van der Waals surface area (Å²) in [4.78, 5) is 2.43. The molecule has 2 heterocycles. The predicted octanol–water partition coefficient (Wildman–Crippen LogP) is 3.08. The molecular weight excluding hydrogens is 340 g/mol. The lowest BCUT2D eigenvalue weighted by molar-refractivity contribution is 0.197. The van der Waals surface area contributed by atoms with Crippen molar-refractivity contribution in [3.63, 3.8) is 0 Å². The fourth-order valence-electron chi connectivity index (χ4n) is 4.06. The van der Waals surface area contributed by atoms with E-state index in [1.165, 1.54) is 18.5 Å². The molecule has 0 bridgehead atoms. The quantitative estimate of drug-likeness (QED) is 0.812. The van der Waals surface area contributed by atoms with E-state index in [0.717, 1.165) is 50.5 Å². The summed E-state index contributed by atoms with van der Waals surface area (Å²) in [6.45, 7) is 6.47. The first-order valence-electron chi connectivity index (χ1n) is 10.2. The molecule has 6 nitrogen and oxygen atoms in total. The van der Waals surface area contributed by atoms with Crippen molar-refractivity contribution in [1.82, 2.24) is 15.1 Å². The Morgan fingerprint density at radius 2 is 2.11 bits per heavy atom. The van der Waals surface area contributed by atoms with Crippen molar-refractivity contribution < 1.29 is 9.47 Å². The Morgan fingerprint density at radius 1 is 1.22 bits per heavy atom. The predicted molar refractivity (Wildman–Crippen MR) is 107 cm³/mol. The normalized spacial score (nSPS) is 20.8. The van der Waals surface area contributed by atoms with Crippen LogP contribution >= 0.6 is 0 Å². The fourth-order valence-corrected chi connectivity index (χ4v) is 4.06. The zero-order valence-corrected chi connectivity index (χ0v) is 16.1. The molecule has 2 aliphatic rings. The van der Waals surface area contributed by atoms with Crippen LogP contribution in [0.15, 0.2) is 36.7 Å². The Bertz CT molecular complexity index is 713. The highest BCUT2D eigenvalue weighted by molar-refractivity contribution is 5.57. The largest absolute Gasteiger partial charge is 0.490 e. The van der Waals surface area contributed by atoms with Crippen molar-refractivity contribution in [2.75, 3.05) is 31.1 Å². The first kappa shape index (κ1) is 18.2. The van der Waals surface area contributed by atoms with Crippen LogP contribution in [0.3, 0.4) is 0 Å². The molecule has 1 atom stereocenters. The van der Waals surface area contributed by atoms with Gasteiger partial charge >= 0.3 is 0 Å². The third-order valence-electron chi connectivity index (χ3n) is 5.41. The van der Waals surface area contributed by atoms with Gasteiger partial charge in [-0.15, -0.1) is 0 Å². The number of ether oxygens (including phenoxy) is 2. The van der Waals surface area contributed by atoms with E-state index < -0.39 is 0 Å². The number of rotatable bonds is 7. The van der Waals surface area contributed by atoms with Crippen molar-refractivity contribution in [3.8, 4) is 11.5 Å². The molecule has 1 aliphatic carbocycles. The Hall–Kier alpha value is -2.21. The molecule has 6 heteroatoms. The summed E-state index contributed by atoms with van der Waals surface area (Å²) in [6, 6.07) is 8.74. The zero-order chi connectivity index (χ0) is 18.5. The molecule has 1 N–H and O–H groups in total. The molecule has 4 rings (SSSR count). The van der Waals surface area contributed by atoms with Gasteiger partial charge in [-0.05, 0) is 50.8 Å². The Balaban J connectivity index is 1.47. The summed E-state index contributed by atoms with van der Waals surface area (Å²) in [5, 5.41) is 7.94. The molecular formula is C21H30N4O2. The van der Waals surface area contributed by atoms with Crippen LogP contribution < -0.4 is 19.7 Å². The second kappa shape index (κ2) is 8.65. The second-order valence-electron chi connectivity index (χ2n) is 7.41. The smallest absolute Gasteiger partial charge is 0.163 e. The van der Waals surface area contributed by atoms with Gasteiger partial charge in [-0.3, -0.25) is 4.68 Å². The van der Waals surface area contributed by atoms with E-state index in [4.69, 9.17) is 9.47 Å². The maximum absolute atomic E-state index is 6.32. The summed E-state index contributed by atoms with van der Waals surface area (Å²) in [5.74, 6) is 1.75. The van der Waals surface area contributed by atoms with Crippen molar-refractivity contribution in [1.29, 1.82) is 0 Å². The highest BCUT2D eigenvalue weighted by atomic mass is 16.5. The Morgan fingerprint density at radius 3 is 2.89 bits per heavy atom. The van der Waals surface area contributed by atoms with Gasteiger partial charge < -0.3 is 19.7 Å². The third-order valence-corrected chi connectivity index (χ3v) is 5.41. The SMILES string of the molecule is CCOc1ccc(N2CCN[C@@H](Cn3cccn3)C2)cc1OC1CCCC1. The number of nitrogens with one attached hydrogen (secondary N) is 1. The lowest BCUT2D eigenvalue weighted by Gasteiger charge is -2.35. The van der Waals surface area contributed by atoms with Gasteiger partial charge in [0.25, 0.3) is 0 Å². The summed E-state index contributed by atoms with van der Waals surface area (Å²) in [6.07, 6.45) is 9.01. The monoisotopic (exact) mass is 370 g/mol. The zero-order valence-electron chi connectivity index (χ0n) is 16.1. The van der Waals surface area contributed by atoms with Gasteiger partial charge in [0.2, 0.25) is 0 Å². The Kier molecular flexibility index (Phi) is 5.82. The van der Waals surface area contributed by atoms with E-state index in [2.05, 4.69) is 33.5 Å². The average molecular weight is 370 g/mol. The summed E-state index contributed by atoms with van der Waals surface area (Å²) < 4.78 is 14.1. The van der Waals surface area contributed by atoms with Gasteiger partial charge in [0.15, 0.2) is 11.5 Å². The molecule has 1 saturated carbocycles. The third kappa shape index (κ3) is 4.56. The molecule has 0 unspecified atom stereocenters. The number of piperazine rings is 1. The van der Waals surface area contributed by atoms with Crippen LogP contribution in [0, 0.1) is 0 Å². The van der Waals surface area contributed by atoms with E-state index in [1.54, 1.807) is 0 Å². The molecule has 0 amide bonds. The number of anilines is 1. The minimum Gasteiger partial charge on any atom is -0.490 e. The summed E-state index contributed by atoms with van der Waals surface area (Å²) >= 11 is 0. The van der Waals surface area contributed by atoms with Crippen LogP contribution in [-0.2, 0) is 6.54 Å². The molecule has 0 spiro atoms. The topological polar surface area (TPSA) is 51.5 Å². The van der Waals surface area contributed by atoms with Crippen LogP contribution in [0.1, 0.15) is 32.6 Å². The van der Waals surface area contributed by atoms with Crippen molar-refractivity contribution in [2.24, 2.45) is 0 Å². The molecule has 1 aromatic carbocycles. The van der Waals surface area contributed by atoms with E-state index in [9.17, 15) is 0 Å². The Labute approximate surface area is 161 Å². The first-order chi connectivity index (χ1) is 13.3. The van der Waals surface area contributed by atoms with Gasteiger partial charge in [-0.1, -0.05) is 0 Å². The van der Waals surface area contributed by atoms with Gasteiger partial charge in [0, 0.05) is 49.8 Å². The molecule has 0 radical (unpaired) electrons. The summed E-state index contributed by atoms with van der Waals surface area (Å²) in [5.41, 5.74) is 1.21. The van der Waals surface area contributed by atoms with E-state index in [1.807, 2.05) is 30.1 Å². The number of aromatic nitrogens is 2. The van der Waals surface area contributed by atoms with Crippen molar-refractivity contribution >= 4 is 5.69 Å². The second-order valence-corrected chi connectivity index (χ2v) is 7.41. The molecule has 2 aromatic rings. The van der Waals surface area contributed by atoms with Gasteiger partial charge in [0.05, 0.1) is 19.3 Å². The van der Waals surface area contributed by atoms with Crippen LogP contribution in [0.4, 0.5) is 5.69 Å². The lowest BCUT2D eigenvalue weighted by Crippen LogP contribution is -2.52. The molecule has 1 aromatic heterocycles. The van der Waals surface area contributed by atoms with Crippen molar-refractivity contribution in [3.05, 3.63) is 36.7 Å². The fraction of sp³-hybridized carbons (Fsp3) is 0.571. The number of nitrogens with zero attached hydrogens (tertiary/aromatic N) is 3. The van der Waals surface area contributed by atoms with E-state index >= 15 is 0 Å². The van der Waals surface area contributed by atoms with Crippen molar-refractivity contribution in [2.45, 2.75) is 51.3 Å². The molecule has 27 heavy (non-hydrogen) atoms. The minimum absolute atomic E-state index is 0.329. The van der Waals surface area contributed by atoms with Gasteiger partial charge in [-0.2, -0.15) is 5.10 Å². The summed E-state index contributed by atoms with van der Waals surface area (Å²) in [7, 11) is 0. The molecule has 146 valence electrons. The lowest BCUT2D eigenvalue weighted by atomic mass is 10.1. The molecule has 1 saturated heterocycles. The van der Waals surface area contributed by atoms with Crippen LogP contribution in [0.25, 0.3) is 0 Å². The van der Waals surface area contributed by atoms with Crippen LogP contribution in [0.5, 0.6) is 11.5 Å². The maximum atomic E-state index is 6.32. The standard InChI is InChI=1S/C21H30N4O2/c1-2-26-20-9-8-18(14-21(20)27-19-6-3-4-7-19)24-13-11-22-17(15-24)16-25-12-5-10-23-25/h5,8-10,12,14,17,19,22H,2-4,6-7,11,13,15-16H2,1H3/t17-/m1/s1. The van der Waals surface area contributed by atoms with Crippen LogP contribution in [0.2, 0.25) is 0 Å². The highest BCUT2D eigenvalue weighted by Crippen LogP contribution is 2.35. The number of hydrogen-bond acceptors (Lipinski definition) is 5. The van der Waals surface area contributed by atoms with Gasteiger partial charge in [0.1, 0.15) is 0 Å². The number of benzene rings is 1.